The smallest absolute Gasteiger partial charge is 0.282 e. The SMILES string of the molecule is C\C=C/C=C\C(CNC(=O)c1cn(CC(F)CCc2nnc(C(=O)NC)s2)nn1)=C(\C)CC. The molecule has 0 saturated carbocycles. The first kappa shape index (κ1) is 26.0. The molecule has 0 radical (unpaired) electrons. The van der Waals surface area contributed by atoms with Crippen molar-refractivity contribution in [3.63, 3.8) is 0 Å². The third-order valence-electron chi connectivity index (χ3n) is 4.83. The summed E-state index contributed by atoms with van der Waals surface area (Å²) in [4.78, 5) is 24.0. The third-order valence-corrected chi connectivity index (χ3v) is 5.82. The van der Waals surface area contributed by atoms with Gasteiger partial charge in [0.25, 0.3) is 11.8 Å². The van der Waals surface area contributed by atoms with E-state index in [2.05, 4.69) is 38.1 Å². The van der Waals surface area contributed by atoms with Crippen LogP contribution in [0.4, 0.5) is 4.39 Å². The molecule has 0 aliphatic rings. The van der Waals surface area contributed by atoms with E-state index in [9.17, 15) is 14.0 Å². The van der Waals surface area contributed by atoms with Gasteiger partial charge in [0, 0.05) is 20.0 Å². The number of rotatable bonds is 12. The Balaban J connectivity index is 1.87. The number of carbonyl (C=O) groups is 2. The number of allylic oxidation sites excluding steroid dienone is 4. The van der Waals surface area contributed by atoms with Crippen LogP contribution in [-0.2, 0) is 13.0 Å². The van der Waals surface area contributed by atoms with Gasteiger partial charge in [-0.2, -0.15) is 0 Å². The van der Waals surface area contributed by atoms with E-state index in [4.69, 9.17) is 0 Å². The summed E-state index contributed by atoms with van der Waals surface area (Å²) in [5.74, 6) is -0.682. The maximum Gasteiger partial charge on any atom is 0.282 e. The van der Waals surface area contributed by atoms with Crippen molar-refractivity contribution in [2.75, 3.05) is 13.6 Å². The van der Waals surface area contributed by atoms with Crippen LogP contribution in [0.25, 0.3) is 0 Å². The average molecular weight is 476 g/mol. The molecule has 0 bridgehead atoms. The summed E-state index contributed by atoms with van der Waals surface area (Å²) in [5.41, 5.74) is 2.33. The van der Waals surface area contributed by atoms with E-state index < -0.39 is 6.17 Å². The second kappa shape index (κ2) is 13.4. The quantitative estimate of drug-likeness (QED) is 0.456. The predicted octanol–water partition coefficient (Wildman–Crippen LogP) is 3.05. The van der Waals surface area contributed by atoms with Crippen LogP contribution in [0.3, 0.4) is 0 Å². The van der Waals surface area contributed by atoms with E-state index in [1.807, 2.05) is 38.2 Å². The van der Waals surface area contributed by atoms with Crippen LogP contribution >= 0.6 is 11.3 Å². The van der Waals surface area contributed by atoms with E-state index in [0.29, 0.717) is 18.0 Å². The Bertz CT molecular complexity index is 1030. The molecule has 33 heavy (non-hydrogen) atoms. The largest absolute Gasteiger partial charge is 0.353 e. The van der Waals surface area contributed by atoms with Crippen LogP contribution < -0.4 is 10.6 Å². The number of nitrogens with zero attached hydrogens (tertiary/aromatic N) is 5. The molecule has 0 saturated heterocycles. The number of aryl methyl sites for hydroxylation is 1. The maximum absolute atomic E-state index is 14.4. The van der Waals surface area contributed by atoms with Crippen molar-refractivity contribution in [2.24, 2.45) is 0 Å². The van der Waals surface area contributed by atoms with E-state index in [-0.39, 0.29) is 35.5 Å². The van der Waals surface area contributed by atoms with Crippen molar-refractivity contribution in [3.05, 3.63) is 57.4 Å². The van der Waals surface area contributed by atoms with Gasteiger partial charge >= 0.3 is 0 Å². The van der Waals surface area contributed by atoms with Crippen molar-refractivity contribution >= 4 is 23.2 Å². The number of carbonyl (C=O) groups excluding carboxylic acids is 2. The monoisotopic (exact) mass is 475 g/mol. The Morgan fingerprint density at radius 1 is 1.24 bits per heavy atom. The predicted molar refractivity (Wildman–Crippen MR) is 126 cm³/mol. The maximum atomic E-state index is 14.4. The van der Waals surface area contributed by atoms with E-state index in [1.165, 1.54) is 23.5 Å². The summed E-state index contributed by atoms with van der Waals surface area (Å²) in [6, 6.07) is 0. The van der Waals surface area contributed by atoms with Crippen molar-refractivity contribution in [2.45, 2.75) is 52.8 Å². The molecule has 0 fully saturated rings. The summed E-state index contributed by atoms with van der Waals surface area (Å²) in [5, 5.41) is 21.6. The molecule has 0 aliphatic heterocycles. The topological polar surface area (TPSA) is 115 Å². The second-order valence-electron chi connectivity index (χ2n) is 7.27. The van der Waals surface area contributed by atoms with Gasteiger partial charge in [0.1, 0.15) is 11.2 Å². The van der Waals surface area contributed by atoms with Gasteiger partial charge in [-0.15, -0.1) is 15.3 Å². The number of amides is 2. The van der Waals surface area contributed by atoms with Gasteiger partial charge in [-0.25, -0.2) is 9.07 Å². The zero-order valence-electron chi connectivity index (χ0n) is 19.3. The lowest BCUT2D eigenvalue weighted by molar-refractivity contribution is 0.0947. The molecule has 2 aromatic rings. The number of hydrogen-bond acceptors (Lipinski definition) is 7. The van der Waals surface area contributed by atoms with Gasteiger partial charge in [0.2, 0.25) is 5.01 Å². The molecule has 0 aliphatic carbocycles. The van der Waals surface area contributed by atoms with Crippen LogP contribution in [0.1, 0.15) is 58.9 Å². The zero-order chi connectivity index (χ0) is 24.2. The minimum atomic E-state index is -1.21. The van der Waals surface area contributed by atoms with Gasteiger partial charge in [-0.3, -0.25) is 9.59 Å². The van der Waals surface area contributed by atoms with E-state index >= 15 is 0 Å². The molecule has 9 nitrogen and oxygen atoms in total. The molecule has 0 aromatic carbocycles. The van der Waals surface area contributed by atoms with E-state index in [0.717, 1.165) is 23.3 Å². The summed E-state index contributed by atoms with van der Waals surface area (Å²) in [6.07, 6.45) is 9.39. The molecule has 0 spiro atoms. The first-order valence-corrected chi connectivity index (χ1v) is 11.5. The van der Waals surface area contributed by atoms with Crippen molar-refractivity contribution < 1.29 is 14.0 Å². The Labute approximate surface area is 196 Å². The summed E-state index contributed by atoms with van der Waals surface area (Å²) in [7, 11) is 1.51. The van der Waals surface area contributed by atoms with Crippen LogP contribution in [-0.4, -0.2) is 56.8 Å². The summed E-state index contributed by atoms with van der Waals surface area (Å²) >= 11 is 1.14. The first-order chi connectivity index (χ1) is 15.9. The van der Waals surface area contributed by atoms with Crippen LogP contribution in [0.2, 0.25) is 0 Å². The van der Waals surface area contributed by atoms with Crippen molar-refractivity contribution in [1.29, 1.82) is 0 Å². The fourth-order valence-corrected chi connectivity index (χ4v) is 3.55. The minimum absolute atomic E-state index is 0.0342. The Morgan fingerprint density at radius 2 is 2.03 bits per heavy atom. The highest BCUT2D eigenvalue weighted by molar-refractivity contribution is 7.13. The van der Waals surface area contributed by atoms with Gasteiger partial charge in [-0.1, -0.05) is 53.4 Å². The molecule has 2 amide bonds. The average Bonchev–Trinajstić information content (AvgIpc) is 3.48. The molecule has 2 heterocycles. The zero-order valence-corrected chi connectivity index (χ0v) is 20.2. The number of aromatic nitrogens is 5. The van der Waals surface area contributed by atoms with Crippen LogP contribution in [0.15, 0.2) is 41.6 Å². The van der Waals surface area contributed by atoms with Gasteiger partial charge in [-0.05, 0) is 32.3 Å². The minimum Gasteiger partial charge on any atom is -0.353 e. The highest BCUT2D eigenvalue weighted by Crippen LogP contribution is 2.14. The normalized spacial score (nSPS) is 13.4. The summed E-state index contributed by atoms with van der Waals surface area (Å²) in [6.45, 7) is 6.36. The molecular formula is C22H30FN7O2S. The van der Waals surface area contributed by atoms with Gasteiger partial charge in [0.05, 0.1) is 12.7 Å². The highest BCUT2D eigenvalue weighted by atomic mass is 32.1. The van der Waals surface area contributed by atoms with Crippen molar-refractivity contribution in [1.82, 2.24) is 35.8 Å². The lowest BCUT2D eigenvalue weighted by Gasteiger charge is -2.08. The van der Waals surface area contributed by atoms with Crippen LogP contribution in [0, 0.1) is 0 Å². The fraction of sp³-hybridized carbons (Fsp3) is 0.455. The Hall–Kier alpha value is -3.21. The Morgan fingerprint density at radius 3 is 2.73 bits per heavy atom. The highest BCUT2D eigenvalue weighted by Gasteiger charge is 2.16. The van der Waals surface area contributed by atoms with Gasteiger partial charge in [0.15, 0.2) is 5.69 Å². The van der Waals surface area contributed by atoms with Crippen LogP contribution in [0.5, 0.6) is 0 Å². The number of nitrogens with one attached hydrogen (secondary N) is 2. The standard InChI is InChI=1S/C22H30FN7O2S/c1-5-7-8-9-16(15(3)6-2)12-25-20(31)18-14-30(29-26-18)13-17(23)10-11-19-27-28-22(33-19)21(32)24-4/h5,7-9,14,17H,6,10-13H2,1-4H3,(H,24,32)(H,25,31)/b7-5-,9-8-,16-15+. The third kappa shape index (κ3) is 8.33. The molecular weight excluding hydrogens is 445 g/mol. The lowest BCUT2D eigenvalue weighted by Crippen LogP contribution is -2.26. The molecule has 2 N–H and O–H groups in total. The lowest BCUT2D eigenvalue weighted by atomic mass is 10.1. The van der Waals surface area contributed by atoms with Crippen molar-refractivity contribution in [3.8, 4) is 0 Å². The molecule has 178 valence electrons. The fourth-order valence-electron chi connectivity index (χ4n) is 2.75. The number of halogens is 1. The number of alkyl halides is 1. The molecule has 1 atom stereocenters. The second-order valence-corrected chi connectivity index (χ2v) is 8.33. The molecule has 2 aromatic heterocycles. The number of hydrogen-bond donors (Lipinski definition) is 2. The summed E-state index contributed by atoms with van der Waals surface area (Å²) < 4.78 is 15.7. The Kier molecular flexibility index (Phi) is 10.5. The molecule has 2 rings (SSSR count). The molecule has 1 unspecified atom stereocenters. The van der Waals surface area contributed by atoms with Gasteiger partial charge < -0.3 is 10.6 Å². The van der Waals surface area contributed by atoms with E-state index in [1.54, 1.807) is 0 Å². The first-order valence-electron chi connectivity index (χ1n) is 10.7. The molecule has 11 heteroatoms.